The first-order valence-electron chi connectivity index (χ1n) is 10.1. The van der Waals surface area contributed by atoms with Gasteiger partial charge in [-0.3, -0.25) is 4.90 Å². The van der Waals surface area contributed by atoms with Crippen molar-refractivity contribution in [1.82, 2.24) is 9.88 Å². The standard InChI is InChI=1S/C24H22F2N2O4/c1-3-28-12-15(10-14-8-9-19(32-24(25)26)20(11-14)31-2)22-17(13-28)21(23(29)30)16-6-4-5-7-18(16)27-22/h4-11,24H,3,12-13H2,1-2H3,(H,29,30)/b15-10-. The number of hydrogen-bond acceptors (Lipinski definition) is 5. The molecule has 2 heterocycles. The number of methoxy groups -OCH3 is 1. The van der Waals surface area contributed by atoms with Gasteiger partial charge in [0.05, 0.1) is 23.9 Å². The Kier molecular flexibility index (Phi) is 6.05. The van der Waals surface area contributed by atoms with Crippen LogP contribution in [0.5, 0.6) is 11.5 Å². The molecule has 0 unspecified atom stereocenters. The maximum absolute atomic E-state index is 12.6. The molecule has 0 atom stereocenters. The zero-order valence-electron chi connectivity index (χ0n) is 17.6. The maximum atomic E-state index is 12.6. The molecule has 2 aromatic carbocycles. The smallest absolute Gasteiger partial charge is 0.387 e. The van der Waals surface area contributed by atoms with Crippen molar-refractivity contribution in [3.8, 4) is 11.5 Å². The number of carboxylic acid groups (broad SMARTS) is 1. The lowest BCUT2D eigenvalue weighted by atomic mass is 9.92. The molecule has 0 spiro atoms. The SMILES string of the molecule is CCN1C/C(=C/c2ccc(OC(F)F)c(OC)c2)c2nc3ccccc3c(C(=O)O)c2C1. The van der Waals surface area contributed by atoms with Crippen molar-refractivity contribution in [3.05, 3.63) is 64.8 Å². The Hall–Kier alpha value is -3.52. The summed E-state index contributed by atoms with van der Waals surface area (Å²) in [6.07, 6.45) is 1.88. The highest BCUT2D eigenvalue weighted by Gasteiger charge is 2.28. The van der Waals surface area contributed by atoms with Gasteiger partial charge in [-0.15, -0.1) is 0 Å². The number of hydrogen-bond donors (Lipinski definition) is 1. The van der Waals surface area contributed by atoms with Crippen molar-refractivity contribution in [2.24, 2.45) is 0 Å². The number of halogens is 2. The molecular weight excluding hydrogens is 418 g/mol. The number of benzene rings is 2. The van der Waals surface area contributed by atoms with Crippen molar-refractivity contribution in [2.45, 2.75) is 20.1 Å². The molecule has 1 aromatic heterocycles. The van der Waals surface area contributed by atoms with Crippen LogP contribution in [-0.4, -0.2) is 47.8 Å². The van der Waals surface area contributed by atoms with Crippen LogP contribution in [0, 0.1) is 0 Å². The largest absolute Gasteiger partial charge is 0.493 e. The average Bonchev–Trinajstić information content (AvgIpc) is 2.77. The molecule has 0 aliphatic carbocycles. The number of carboxylic acids is 1. The minimum Gasteiger partial charge on any atom is -0.493 e. The summed E-state index contributed by atoms with van der Waals surface area (Å²) in [5.74, 6) is -0.866. The number of para-hydroxylation sites is 1. The second-order valence-electron chi connectivity index (χ2n) is 7.40. The van der Waals surface area contributed by atoms with Crippen LogP contribution in [0.4, 0.5) is 8.78 Å². The number of ether oxygens (including phenoxy) is 2. The minimum atomic E-state index is -2.96. The lowest BCUT2D eigenvalue weighted by Crippen LogP contribution is -2.31. The van der Waals surface area contributed by atoms with Crippen LogP contribution >= 0.6 is 0 Å². The first kappa shape index (κ1) is 21.7. The van der Waals surface area contributed by atoms with Crippen molar-refractivity contribution in [1.29, 1.82) is 0 Å². The second-order valence-corrected chi connectivity index (χ2v) is 7.40. The summed E-state index contributed by atoms with van der Waals surface area (Å²) in [7, 11) is 1.38. The number of aromatic nitrogens is 1. The van der Waals surface area contributed by atoms with E-state index < -0.39 is 12.6 Å². The molecule has 0 saturated heterocycles. The Labute approximate surface area is 183 Å². The lowest BCUT2D eigenvalue weighted by molar-refractivity contribution is -0.0512. The molecule has 6 nitrogen and oxygen atoms in total. The zero-order chi connectivity index (χ0) is 22.8. The Bertz CT molecular complexity index is 1210. The maximum Gasteiger partial charge on any atom is 0.387 e. The topological polar surface area (TPSA) is 71.9 Å². The highest BCUT2D eigenvalue weighted by molar-refractivity contribution is 6.06. The molecule has 1 N–H and O–H groups in total. The van der Waals surface area contributed by atoms with E-state index in [0.29, 0.717) is 40.8 Å². The van der Waals surface area contributed by atoms with Crippen molar-refractivity contribution in [2.75, 3.05) is 20.2 Å². The van der Waals surface area contributed by atoms with Crippen LogP contribution in [0.25, 0.3) is 22.6 Å². The molecule has 1 aliphatic rings. The van der Waals surface area contributed by atoms with E-state index in [9.17, 15) is 18.7 Å². The summed E-state index contributed by atoms with van der Waals surface area (Å²) in [5.41, 5.74) is 3.71. The Morgan fingerprint density at radius 2 is 2.00 bits per heavy atom. The highest BCUT2D eigenvalue weighted by atomic mass is 19.3. The fraction of sp³-hybridized carbons (Fsp3) is 0.250. The Balaban J connectivity index is 1.88. The quantitative estimate of drug-likeness (QED) is 0.587. The van der Waals surface area contributed by atoms with E-state index in [2.05, 4.69) is 9.64 Å². The van der Waals surface area contributed by atoms with Crippen LogP contribution in [0.3, 0.4) is 0 Å². The van der Waals surface area contributed by atoms with E-state index in [4.69, 9.17) is 9.72 Å². The second kappa shape index (κ2) is 8.92. The minimum absolute atomic E-state index is 0.0545. The van der Waals surface area contributed by atoms with E-state index in [1.165, 1.54) is 13.2 Å². The predicted molar refractivity (Wildman–Crippen MR) is 117 cm³/mol. The summed E-state index contributed by atoms with van der Waals surface area (Å²) < 4.78 is 35.0. The molecule has 0 fully saturated rings. The first-order valence-corrected chi connectivity index (χ1v) is 10.1. The van der Waals surface area contributed by atoms with Gasteiger partial charge in [0, 0.05) is 24.0 Å². The van der Waals surface area contributed by atoms with Gasteiger partial charge in [-0.2, -0.15) is 8.78 Å². The summed E-state index contributed by atoms with van der Waals surface area (Å²) >= 11 is 0. The van der Waals surface area contributed by atoms with Crippen molar-refractivity contribution < 1.29 is 28.2 Å². The van der Waals surface area contributed by atoms with Gasteiger partial charge in [0.15, 0.2) is 11.5 Å². The lowest BCUT2D eigenvalue weighted by Gasteiger charge is -2.30. The summed E-state index contributed by atoms with van der Waals surface area (Å²) in [4.78, 5) is 19.1. The molecule has 32 heavy (non-hydrogen) atoms. The van der Waals surface area contributed by atoms with E-state index >= 15 is 0 Å². The van der Waals surface area contributed by atoms with Crippen molar-refractivity contribution in [3.63, 3.8) is 0 Å². The van der Waals surface area contributed by atoms with Crippen LogP contribution < -0.4 is 9.47 Å². The monoisotopic (exact) mass is 440 g/mol. The Morgan fingerprint density at radius 1 is 1.22 bits per heavy atom. The van der Waals surface area contributed by atoms with Crippen LogP contribution in [0.2, 0.25) is 0 Å². The van der Waals surface area contributed by atoms with E-state index in [1.54, 1.807) is 30.3 Å². The van der Waals surface area contributed by atoms with Crippen LogP contribution in [0.1, 0.15) is 34.1 Å². The van der Waals surface area contributed by atoms with Crippen LogP contribution in [-0.2, 0) is 6.54 Å². The van der Waals surface area contributed by atoms with Gasteiger partial charge in [-0.05, 0) is 42.0 Å². The fourth-order valence-corrected chi connectivity index (χ4v) is 4.02. The van der Waals surface area contributed by atoms with Gasteiger partial charge >= 0.3 is 12.6 Å². The van der Waals surface area contributed by atoms with Gasteiger partial charge < -0.3 is 14.6 Å². The summed E-state index contributed by atoms with van der Waals surface area (Å²) in [6, 6.07) is 11.9. The number of fused-ring (bicyclic) bond motifs is 2. The number of aromatic carboxylic acids is 1. The molecule has 1 aliphatic heterocycles. The molecule has 0 radical (unpaired) electrons. The van der Waals surface area contributed by atoms with E-state index in [0.717, 1.165) is 12.1 Å². The third-order valence-electron chi connectivity index (χ3n) is 5.48. The van der Waals surface area contributed by atoms with Gasteiger partial charge in [0.1, 0.15) is 0 Å². The number of nitrogens with zero attached hydrogens (tertiary/aromatic N) is 2. The van der Waals surface area contributed by atoms with Gasteiger partial charge in [0.25, 0.3) is 0 Å². The number of alkyl halides is 2. The molecular formula is C24H22F2N2O4. The van der Waals surface area contributed by atoms with E-state index in [1.807, 2.05) is 19.1 Å². The molecule has 0 bridgehead atoms. The molecule has 0 amide bonds. The molecule has 3 aromatic rings. The number of pyridine rings is 1. The average molecular weight is 440 g/mol. The predicted octanol–water partition coefficient (Wildman–Crippen LogP) is 4.92. The number of likely N-dealkylation sites (N-methyl/N-ethyl adjacent to an activating group) is 1. The zero-order valence-corrected chi connectivity index (χ0v) is 17.6. The van der Waals surface area contributed by atoms with Gasteiger partial charge in [0.2, 0.25) is 0 Å². The molecule has 0 saturated carbocycles. The third-order valence-corrected chi connectivity index (χ3v) is 5.48. The number of rotatable bonds is 6. The molecule has 4 rings (SSSR count). The summed E-state index contributed by atoms with van der Waals surface area (Å²) in [6.45, 7) is 0.839. The third kappa shape index (κ3) is 4.13. The molecule has 8 heteroatoms. The van der Waals surface area contributed by atoms with Gasteiger partial charge in [-0.1, -0.05) is 31.2 Å². The fourth-order valence-electron chi connectivity index (χ4n) is 4.02. The molecule has 166 valence electrons. The van der Waals surface area contributed by atoms with E-state index in [-0.39, 0.29) is 17.1 Å². The van der Waals surface area contributed by atoms with Gasteiger partial charge in [-0.25, -0.2) is 9.78 Å². The van der Waals surface area contributed by atoms with Crippen molar-refractivity contribution >= 4 is 28.5 Å². The Morgan fingerprint density at radius 3 is 2.69 bits per heavy atom. The highest BCUT2D eigenvalue weighted by Crippen LogP contribution is 2.35. The normalized spacial score (nSPS) is 15.2. The van der Waals surface area contributed by atoms with Crippen LogP contribution in [0.15, 0.2) is 42.5 Å². The number of carbonyl (C=O) groups is 1. The first-order chi connectivity index (χ1) is 15.4. The summed E-state index contributed by atoms with van der Waals surface area (Å²) in [5, 5.41) is 10.6.